The first-order valence-electron chi connectivity index (χ1n) is 19.2. The van der Waals surface area contributed by atoms with Crippen molar-refractivity contribution in [2.24, 2.45) is 0 Å². The van der Waals surface area contributed by atoms with Crippen LogP contribution < -0.4 is 4.90 Å². The van der Waals surface area contributed by atoms with Crippen molar-refractivity contribution >= 4 is 72.2 Å². The summed E-state index contributed by atoms with van der Waals surface area (Å²) in [6, 6.07) is 70.1. The molecule has 56 heavy (non-hydrogen) atoms. The Morgan fingerprint density at radius 2 is 1.02 bits per heavy atom. The lowest BCUT2D eigenvalue weighted by molar-refractivity contribution is 1.18. The normalized spacial score (nSPS) is 12.3. The molecule has 0 fully saturated rings. The molecule has 0 saturated carbocycles. The van der Waals surface area contributed by atoms with Gasteiger partial charge in [-0.15, -0.1) is 0 Å². The van der Waals surface area contributed by atoms with Crippen LogP contribution in [0.5, 0.6) is 0 Å². The number of benzene rings is 9. The molecule has 2 aliphatic carbocycles. The average Bonchev–Trinajstić information content (AvgIpc) is 3.56. The Morgan fingerprint density at radius 3 is 1.89 bits per heavy atom. The standard InChI is InChI=1S/C53H33IN2/c54-37-21-25-38(26-22-37)56-50-18-6-5-13-43(50)49-32-41(27-28-51(49)56)55(39-23-19-33-9-1-2-10-34(33)30-39)40-24-20-35-29-36-11-7-15-46-47-17-8-16-45(53(47)48(35)31-40)42-12-3-4-14-44(42)52(36)46/h1-28,30-32H,29H2. The lowest BCUT2D eigenvalue weighted by atomic mass is 9.82. The van der Waals surface area contributed by atoms with E-state index in [1.165, 1.54) is 97.5 Å². The molecule has 3 heteroatoms. The number of para-hydroxylation sites is 1. The summed E-state index contributed by atoms with van der Waals surface area (Å²) in [5.74, 6) is 0. The van der Waals surface area contributed by atoms with Gasteiger partial charge in [0.1, 0.15) is 0 Å². The van der Waals surface area contributed by atoms with Crippen LogP contribution in [0, 0.1) is 3.57 Å². The Morgan fingerprint density at radius 1 is 0.393 bits per heavy atom. The second kappa shape index (κ2) is 12.3. The van der Waals surface area contributed by atoms with Crippen LogP contribution in [-0.2, 0) is 6.42 Å². The van der Waals surface area contributed by atoms with Crippen LogP contribution in [0.3, 0.4) is 0 Å². The van der Waals surface area contributed by atoms with Crippen LogP contribution in [0.4, 0.5) is 17.1 Å². The Labute approximate surface area is 339 Å². The minimum absolute atomic E-state index is 0.876. The van der Waals surface area contributed by atoms with Gasteiger partial charge >= 0.3 is 0 Å². The number of halogens is 1. The number of hydrogen-bond acceptors (Lipinski definition) is 1. The number of aromatic nitrogens is 1. The molecule has 1 heterocycles. The quantitative estimate of drug-likeness (QED) is 0.161. The van der Waals surface area contributed by atoms with E-state index < -0.39 is 0 Å². The van der Waals surface area contributed by atoms with Crippen LogP contribution in [0.2, 0.25) is 0 Å². The molecule has 0 atom stereocenters. The molecule has 0 aliphatic heterocycles. The number of anilines is 3. The van der Waals surface area contributed by atoms with Gasteiger partial charge in [-0.2, -0.15) is 0 Å². The molecule has 262 valence electrons. The van der Waals surface area contributed by atoms with Gasteiger partial charge in [0.2, 0.25) is 0 Å². The highest BCUT2D eigenvalue weighted by Gasteiger charge is 2.29. The largest absolute Gasteiger partial charge is 0.310 e. The summed E-state index contributed by atoms with van der Waals surface area (Å²) < 4.78 is 3.63. The highest BCUT2D eigenvalue weighted by molar-refractivity contribution is 14.1. The minimum Gasteiger partial charge on any atom is -0.310 e. The summed E-state index contributed by atoms with van der Waals surface area (Å²) in [4.78, 5) is 2.46. The van der Waals surface area contributed by atoms with Crippen LogP contribution in [0.15, 0.2) is 188 Å². The van der Waals surface area contributed by atoms with Gasteiger partial charge in [0.25, 0.3) is 0 Å². The fraction of sp³-hybridized carbons (Fsp3) is 0.0189. The predicted octanol–water partition coefficient (Wildman–Crippen LogP) is 14.9. The fourth-order valence-electron chi connectivity index (χ4n) is 9.54. The maximum atomic E-state index is 2.46. The third kappa shape index (κ3) is 4.74. The van der Waals surface area contributed by atoms with E-state index in [0.29, 0.717) is 0 Å². The second-order valence-electron chi connectivity index (χ2n) is 15.0. The molecule has 0 radical (unpaired) electrons. The Balaban J connectivity index is 1.12. The molecule has 0 amide bonds. The first kappa shape index (κ1) is 31.9. The fourth-order valence-corrected chi connectivity index (χ4v) is 9.90. The monoisotopic (exact) mass is 824 g/mol. The van der Waals surface area contributed by atoms with Crippen LogP contribution in [-0.4, -0.2) is 4.57 Å². The maximum Gasteiger partial charge on any atom is 0.0542 e. The van der Waals surface area contributed by atoms with E-state index in [-0.39, 0.29) is 0 Å². The van der Waals surface area contributed by atoms with E-state index in [9.17, 15) is 0 Å². The Bertz CT molecular complexity index is 3230. The Hall–Kier alpha value is -6.43. The Kier molecular flexibility index (Phi) is 6.99. The van der Waals surface area contributed by atoms with Gasteiger partial charge < -0.3 is 9.47 Å². The summed E-state index contributed by atoms with van der Waals surface area (Å²) in [5, 5.41) is 4.93. The smallest absolute Gasteiger partial charge is 0.0542 e. The predicted molar refractivity (Wildman–Crippen MR) is 244 cm³/mol. The summed E-state index contributed by atoms with van der Waals surface area (Å²) >= 11 is 2.39. The lowest BCUT2D eigenvalue weighted by Gasteiger charge is -2.28. The van der Waals surface area contributed by atoms with Crippen molar-refractivity contribution in [1.82, 2.24) is 4.57 Å². The van der Waals surface area contributed by atoms with Crippen molar-refractivity contribution in [3.05, 3.63) is 203 Å². The van der Waals surface area contributed by atoms with E-state index >= 15 is 0 Å². The van der Waals surface area contributed by atoms with E-state index in [1.807, 2.05) is 0 Å². The molecule has 9 aromatic carbocycles. The SMILES string of the molecule is Ic1ccc(-n2c3ccccc3c3cc(N(c4ccc5c(c4)-c4c6cccc4-c4cccc(c4-c4ccccc4-6)C5)c4ccc5ccccc5c4)ccc32)cc1. The topological polar surface area (TPSA) is 8.17 Å². The molecule has 0 spiro atoms. The molecule has 0 saturated heterocycles. The molecular formula is C53H33IN2. The lowest BCUT2D eigenvalue weighted by Crippen LogP contribution is -2.11. The molecule has 2 aliphatic rings. The van der Waals surface area contributed by atoms with Gasteiger partial charge in [-0.25, -0.2) is 0 Å². The van der Waals surface area contributed by atoms with Gasteiger partial charge in [-0.05, 0) is 168 Å². The molecule has 1 aromatic heterocycles. The number of fused-ring (bicyclic) bond motifs is 7. The van der Waals surface area contributed by atoms with Crippen molar-refractivity contribution in [3.63, 3.8) is 0 Å². The zero-order chi connectivity index (χ0) is 36.9. The molecule has 10 aromatic rings. The maximum absolute atomic E-state index is 2.46. The van der Waals surface area contributed by atoms with Crippen LogP contribution >= 0.6 is 22.6 Å². The summed E-state index contributed by atoms with van der Waals surface area (Å²) in [7, 11) is 0. The average molecular weight is 825 g/mol. The summed E-state index contributed by atoms with van der Waals surface area (Å²) in [6.07, 6.45) is 0.876. The molecule has 6 bridgehead atoms. The van der Waals surface area contributed by atoms with Gasteiger partial charge in [-0.1, -0.05) is 115 Å². The zero-order valence-corrected chi connectivity index (χ0v) is 32.5. The number of hydrogen-bond donors (Lipinski definition) is 0. The van der Waals surface area contributed by atoms with Crippen molar-refractivity contribution < 1.29 is 0 Å². The first-order valence-corrected chi connectivity index (χ1v) is 20.3. The molecule has 0 unspecified atom stereocenters. The van der Waals surface area contributed by atoms with Gasteiger partial charge in [0, 0.05) is 37.1 Å². The molecule has 2 nitrogen and oxygen atoms in total. The van der Waals surface area contributed by atoms with E-state index in [2.05, 4.69) is 220 Å². The molecular weight excluding hydrogens is 792 g/mol. The van der Waals surface area contributed by atoms with E-state index in [0.717, 1.165) is 23.5 Å². The third-order valence-corrected chi connectivity index (χ3v) is 12.7. The summed E-state index contributed by atoms with van der Waals surface area (Å²) in [5.41, 5.74) is 20.2. The molecule has 12 rings (SSSR count). The second-order valence-corrected chi connectivity index (χ2v) is 16.3. The zero-order valence-electron chi connectivity index (χ0n) is 30.4. The molecule has 0 N–H and O–H groups in total. The first-order chi connectivity index (χ1) is 27.7. The minimum atomic E-state index is 0.876. The van der Waals surface area contributed by atoms with Crippen LogP contribution in [0.25, 0.3) is 82.8 Å². The van der Waals surface area contributed by atoms with Gasteiger partial charge in [0.05, 0.1) is 11.0 Å². The van der Waals surface area contributed by atoms with Crippen molar-refractivity contribution in [3.8, 4) is 50.2 Å². The van der Waals surface area contributed by atoms with Crippen molar-refractivity contribution in [1.29, 1.82) is 0 Å². The van der Waals surface area contributed by atoms with E-state index in [1.54, 1.807) is 0 Å². The van der Waals surface area contributed by atoms with Crippen molar-refractivity contribution in [2.45, 2.75) is 6.42 Å². The van der Waals surface area contributed by atoms with Crippen LogP contribution in [0.1, 0.15) is 11.1 Å². The van der Waals surface area contributed by atoms with E-state index in [4.69, 9.17) is 0 Å². The highest BCUT2D eigenvalue weighted by Crippen LogP contribution is 2.54. The van der Waals surface area contributed by atoms with Gasteiger partial charge in [-0.3, -0.25) is 0 Å². The highest BCUT2D eigenvalue weighted by atomic mass is 127. The van der Waals surface area contributed by atoms with Gasteiger partial charge in [0.15, 0.2) is 0 Å². The third-order valence-electron chi connectivity index (χ3n) is 12.0. The number of nitrogens with zero attached hydrogens (tertiary/aromatic N) is 2. The summed E-state index contributed by atoms with van der Waals surface area (Å²) in [6.45, 7) is 0. The van der Waals surface area contributed by atoms with Crippen molar-refractivity contribution in [2.75, 3.05) is 4.90 Å². The number of rotatable bonds is 4.